The Morgan fingerprint density at radius 1 is 1.14 bits per heavy atom. The number of thiol groups is 1. The Hall–Kier alpha value is -3.63. The summed E-state index contributed by atoms with van der Waals surface area (Å²) in [4.78, 5) is 26.9. The normalized spacial score (nSPS) is 18.8. The molecular formula is C25H27N7O2S. The van der Waals surface area contributed by atoms with Crippen molar-refractivity contribution >= 4 is 41.5 Å². The Balaban J connectivity index is 1.49. The zero-order valence-corrected chi connectivity index (χ0v) is 20.1. The second kappa shape index (κ2) is 10.7. The fourth-order valence-electron chi connectivity index (χ4n) is 4.06. The number of hydrogen-bond donors (Lipinski definition) is 3. The lowest BCUT2D eigenvalue weighted by molar-refractivity contribution is 0.122. The molecule has 1 saturated heterocycles. The molecule has 0 aliphatic carbocycles. The second-order valence-corrected chi connectivity index (χ2v) is 8.64. The van der Waals surface area contributed by atoms with Gasteiger partial charge < -0.3 is 19.9 Å². The topological polar surface area (TPSA) is 99.3 Å². The average Bonchev–Trinajstić information content (AvgIpc) is 3.40. The fraction of sp³-hybridized carbons (Fsp3) is 0.280. The molecule has 4 heterocycles. The van der Waals surface area contributed by atoms with Crippen molar-refractivity contribution in [3.8, 4) is 11.4 Å². The van der Waals surface area contributed by atoms with Crippen LogP contribution in [-0.4, -0.2) is 77.0 Å². The summed E-state index contributed by atoms with van der Waals surface area (Å²) >= 11 is 4.82. The van der Waals surface area contributed by atoms with Crippen LogP contribution in [-0.2, 0) is 4.74 Å². The van der Waals surface area contributed by atoms with Crippen LogP contribution in [0.25, 0.3) is 28.4 Å². The standard InChI is InChI=1S/C25H27N7O2S/c33-25-26-10-3-1-2-4-11-32(25)12-6-9-21-22(35)24(31-13-15-34-16-14-31)29-23(28-21)18-7-5-8-20-19(18)17-27-30-20/h1-9,17,35H,10-16H2,(H,26,33)(H,27,30)/b3-1-,4-2-,9-6+. The summed E-state index contributed by atoms with van der Waals surface area (Å²) in [5, 5.41) is 11.0. The van der Waals surface area contributed by atoms with Gasteiger partial charge in [-0.05, 0) is 12.1 Å². The summed E-state index contributed by atoms with van der Waals surface area (Å²) in [6.07, 6.45) is 13.4. The number of H-pyrrole nitrogens is 1. The number of nitrogens with one attached hydrogen (secondary N) is 2. The Morgan fingerprint density at radius 2 is 2.00 bits per heavy atom. The monoisotopic (exact) mass is 489 g/mol. The Kier molecular flexibility index (Phi) is 7.10. The summed E-state index contributed by atoms with van der Waals surface area (Å²) in [5.74, 6) is 1.38. The van der Waals surface area contributed by atoms with Crippen molar-refractivity contribution in [3.63, 3.8) is 0 Å². The maximum Gasteiger partial charge on any atom is 0.318 e. The number of fused-ring (bicyclic) bond motifs is 1. The molecule has 1 fully saturated rings. The molecule has 3 aromatic rings. The van der Waals surface area contributed by atoms with Crippen molar-refractivity contribution < 1.29 is 9.53 Å². The number of anilines is 1. The van der Waals surface area contributed by atoms with E-state index in [-0.39, 0.29) is 6.03 Å². The number of allylic oxidation sites excluding steroid dienone is 2. The minimum absolute atomic E-state index is 0.110. The molecule has 0 atom stereocenters. The van der Waals surface area contributed by atoms with Gasteiger partial charge in [0.1, 0.15) is 5.82 Å². The number of aromatic nitrogens is 4. The number of rotatable bonds is 5. The minimum atomic E-state index is -0.110. The summed E-state index contributed by atoms with van der Waals surface area (Å²) < 4.78 is 5.53. The average molecular weight is 490 g/mol. The van der Waals surface area contributed by atoms with Crippen molar-refractivity contribution in [1.82, 2.24) is 30.4 Å². The summed E-state index contributed by atoms with van der Waals surface area (Å²) in [6.45, 7) is 4.21. The quantitative estimate of drug-likeness (QED) is 0.476. The van der Waals surface area contributed by atoms with Gasteiger partial charge in [-0.25, -0.2) is 14.8 Å². The number of carbonyl (C=O) groups is 1. The van der Waals surface area contributed by atoms with Gasteiger partial charge in [-0.3, -0.25) is 5.10 Å². The first-order valence-corrected chi connectivity index (χ1v) is 12.0. The molecule has 2 N–H and O–H groups in total. The predicted molar refractivity (Wildman–Crippen MR) is 140 cm³/mol. The van der Waals surface area contributed by atoms with Crippen LogP contribution in [0.4, 0.5) is 10.6 Å². The van der Waals surface area contributed by atoms with E-state index in [2.05, 4.69) is 20.4 Å². The van der Waals surface area contributed by atoms with E-state index in [1.165, 1.54) is 0 Å². The molecule has 0 spiro atoms. The first-order valence-electron chi connectivity index (χ1n) is 11.6. The number of morpholine rings is 1. The second-order valence-electron chi connectivity index (χ2n) is 8.19. The van der Waals surface area contributed by atoms with Gasteiger partial charge in [0.05, 0.1) is 35.5 Å². The van der Waals surface area contributed by atoms with E-state index in [1.807, 2.05) is 54.7 Å². The first kappa shape index (κ1) is 23.1. The molecule has 2 aliphatic rings. The molecule has 9 nitrogen and oxygen atoms in total. The molecule has 2 aromatic heterocycles. The van der Waals surface area contributed by atoms with Crippen molar-refractivity contribution in [2.45, 2.75) is 4.90 Å². The van der Waals surface area contributed by atoms with Crippen LogP contribution in [0.3, 0.4) is 0 Å². The molecule has 10 heteroatoms. The third-order valence-corrected chi connectivity index (χ3v) is 6.33. The molecule has 35 heavy (non-hydrogen) atoms. The number of aromatic amines is 1. The largest absolute Gasteiger partial charge is 0.378 e. The van der Waals surface area contributed by atoms with E-state index >= 15 is 0 Å². The highest BCUT2D eigenvalue weighted by atomic mass is 32.1. The van der Waals surface area contributed by atoms with Gasteiger partial charge >= 0.3 is 6.03 Å². The van der Waals surface area contributed by atoms with Crippen LogP contribution >= 0.6 is 12.6 Å². The van der Waals surface area contributed by atoms with Crippen molar-refractivity contribution in [2.24, 2.45) is 0 Å². The van der Waals surface area contributed by atoms with E-state index in [0.29, 0.717) is 49.3 Å². The summed E-state index contributed by atoms with van der Waals surface area (Å²) in [5.41, 5.74) is 2.51. The predicted octanol–water partition coefficient (Wildman–Crippen LogP) is 3.30. The molecule has 0 saturated carbocycles. The number of ether oxygens (including phenoxy) is 1. The van der Waals surface area contributed by atoms with E-state index in [9.17, 15) is 4.79 Å². The molecular weight excluding hydrogens is 462 g/mol. The van der Waals surface area contributed by atoms with E-state index in [4.69, 9.17) is 27.3 Å². The molecule has 2 aliphatic heterocycles. The summed E-state index contributed by atoms with van der Waals surface area (Å²) in [6, 6.07) is 5.82. The van der Waals surface area contributed by atoms with Crippen LogP contribution in [0.5, 0.6) is 0 Å². The van der Waals surface area contributed by atoms with Gasteiger partial charge in [-0.1, -0.05) is 42.5 Å². The van der Waals surface area contributed by atoms with Crippen LogP contribution < -0.4 is 10.2 Å². The smallest absolute Gasteiger partial charge is 0.318 e. The number of benzene rings is 1. The number of carbonyl (C=O) groups excluding carboxylic acids is 1. The van der Waals surface area contributed by atoms with Gasteiger partial charge in [0.15, 0.2) is 5.82 Å². The maximum absolute atomic E-state index is 12.5. The number of nitrogens with zero attached hydrogens (tertiary/aromatic N) is 5. The molecule has 0 bridgehead atoms. The molecule has 2 amide bonds. The zero-order chi connectivity index (χ0) is 24.0. The Bertz CT molecular complexity index is 1290. The highest BCUT2D eigenvalue weighted by Crippen LogP contribution is 2.32. The lowest BCUT2D eigenvalue weighted by Crippen LogP contribution is -2.40. The van der Waals surface area contributed by atoms with Crippen molar-refractivity contribution in [1.29, 1.82) is 0 Å². The molecule has 0 radical (unpaired) electrons. The molecule has 0 unspecified atom stereocenters. The van der Waals surface area contributed by atoms with Crippen LogP contribution in [0.2, 0.25) is 0 Å². The lowest BCUT2D eigenvalue weighted by Gasteiger charge is -2.29. The first-order chi connectivity index (χ1) is 17.2. The molecule has 180 valence electrons. The number of urea groups is 1. The third-order valence-electron chi connectivity index (χ3n) is 5.90. The highest BCUT2D eigenvalue weighted by molar-refractivity contribution is 7.80. The summed E-state index contributed by atoms with van der Waals surface area (Å²) in [7, 11) is 0. The van der Waals surface area contributed by atoms with Crippen molar-refractivity contribution in [2.75, 3.05) is 50.8 Å². The van der Waals surface area contributed by atoms with E-state index in [0.717, 1.165) is 35.4 Å². The maximum atomic E-state index is 12.5. The van der Waals surface area contributed by atoms with Gasteiger partial charge in [0, 0.05) is 43.7 Å². The zero-order valence-electron chi connectivity index (χ0n) is 19.2. The Morgan fingerprint density at radius 3 is 2.89 bits per heavy atom. The fourth-order valence-corrected chi connectivity index (χ4v) is 4.37. The van der Waals surface area contributed by atoms with Gasteiger partial charge in [-0.2, -0.15) is 5.10 Å². The lowest BCUT2D eigenvalue weighted by atomic mass is 10.1. The van der Waals surface area contributed by atoms with Gasteiger partial charge in [0.25, 0.3) is 0 Å². The van der Waals surface area contributed by atoms with Crippen LogP contribution in [0, 0.1) is 0 Å². The number of hydrogen-bond acceptors (Lipinski definition) is 7. The Labute approximate surface area is 209 Å². The third kappa shape index (κ3) is 5.23. The SMILES string of the molecule is O=C1NC/C=C\C=C/CN1C/C=C/c1nc(-c2cccc3[nH]ncc23)nc(N2CCOCC2)c1S. The van der Waals surface area contributed by atoms with E-state index in [1.54, 1.807) is 11.1 Å². The van der Waals surface area contributed by atoms with E-state index < -0.39 is 0 Å². The van der Waals surface area contributed by atoms with Gasteiger partial charge in [-0.15, -0.1) is 12.6 Å². The van der Waals surface area contributed by atoms with Crippen LogP contribution in [0.1, 0.15) is 5.69 Å². The molecule has 1 aromatic carbocycles. The molecule has 5 rings (SSSR count). The van der Waals surface area contributed by atoms with Crippen LogP contribution in [0.15, 0.2) is 59.7 Å². The highest BCUT2D eigenvalue weighted by Gasteiger charge is 2.20. The van der Waals surface area contributed by atoms with Gasteiger partial charge in [0.2, 0.25) is 0 Å². The minimum Gasteiger partial charge on any atom is -0.378 e. The van der Waals surface area contributed by atoms with Crippen molar-refractivity contribution in [3.05, 3.63) is 60.5 Å². The number of amides is 2.